The Morgan fingerprint density at radius 1 is 1.22 bits per heavy atom. The number of aryl methyl sites for hydroxylation is 3. The first-order chi connectivity index (χ1) is 10.9. The summed E-state index contributed by atoms with van der Waals surface area (Å²) in [7, 11) is -2.11. The van der Waals surface area contributed by atoms with Crippen LogP contribution in [0.5, 0.6) is 0 Å². The maximum absolute atomic E-state index is 12.7. The van der Waals surface area contributed by atoms with Gasteiger partial charge in [-0.3, -0.25) is 4.57 Å². The minimum absolute atomic E-state index is 0.0290. The summed E-state index contributed by atoms with van der Waals surface area (Å²) in [4.78, 5) is 5.25. The van der Waals surface area contributed by atoms with Gasteiger partial charge in [-0.05, 0) is 36.3 Å². The second-order valence-corrected chi connectivity index (χ2v) is 7.21. The lowest BCUT2D eigenvalue weighted by Crippen LogP contribution is -2.13. The first-order valence-corrected chi connectivity index (χ1v) is 8.58. The molecule has 0 saturated carbocycles. The predicted octanol–water partition coefficient (Wildman–Crippen LogP) is 0.987. The van der Waals surface area contributed by atoms with Crippen LogP contribution in [-0.2, 0) is 22.6 Å². The molecule has 0 fully saturated rings. The molecule has 0 spiro atoms. The molecule has 0 aliphatic rings. The fourth-order valence-electron chi connectivity index (χ4n) is 2.30. The van der Waals surface area contributed by atoms with Crippen LogP contribution in [-0.4, -0.2) is 38.2 Å². The molecule has 23 heavy (non-hydrogen) atoms. The lowest BCUT2D eigenvalue weighted by Gasteiger charge is -2.11. The van der Waals surface area contributed by atoms with Gasteiger partial charge >= 0.3 is 0 Å². The second kappa shape index (κ2) is 5.58. The standard InChI is InChI=1S/C14H16N6O2S/c1-10-4-5-11(2)12(8-10)20-7-6-15-14(20)23(21,22)9-13-16-18-19(3)17-13/h4-8H,9H2,1-3H3. The Hall–Kier alpha value is -2.55. The van der Waals surface area contributed by atoms with Gasteiger partial charge in [-0.25, -0.2) is 13.4 Å². The van der Waals surface area contributed by atoms with Crippen molar-refractivity contribution >= 4 is 9.84 Å². The first kappa shape index (κ1) is 15.3. The van der Waals surface area contributed by atoms with Crippen molar-refractivity contribution in [2.45, 2.75) is 24.8 Å². The molecule has 0 amide bonds. The van der Waals surface area contributed by atoms with Crippen LogP contribution >= 0.6 is 0 Å². The zero-order chi connectivity index (χ0) is 16.6. The van der Waals surface area contributed by atoms with Crippen LogP contribution < -0.4 is 0 Å². The summed E-state index contributed by atoms with van der Waals surface area (Å²) in [6, 6.07) is 5.86. The smallest absolute Gasteiger partial charge is 0.232 e. The van der Waals surface area contributed by atoms with Crippen LogP contribution in [0, 0.1) is 13.8 Å². The number of rotatable bonds is 4. The third-order valence-corrected chi connectivity index (χ3v) is 4.87. The summed E-state index contributed by atoms with van der Waals surface area (Å²) >= 11 is 0. The van der Waals surface area contributed by atoms with Gasteiger partial charge < -0.3 is 0 Å². The number of nitrogens with zero attached hydrogens (tertiary/aromatic N) is 6. The molecule has 0 atom stereocenters. The monoisotopic (exact) mass is 332 g/mol. The summed E-state index contributed by atoms with van der Waals surface area (Å²) in [5.74, 6) is -0.203. The van der Waals surface area contributed by atoms with Gasteiger partial charge in [-0.15, -0.1) is 10.2 Å². The van der Waals surface area contributed by atoms with E-state index in [1.807, 2.05) is 32.0 Å². The van der Waals surface area contributed by atoms with E-state index in [1.54, 1.807) is 17.8 Å². The molecule has 0 aliphatic carbocycles. The van der Waals surface area contributed by atoms with Crippen molar-refractivity contribution in [2.75, 3.05) is 0 Å². The molecule has 2 aromatic heterocycles. The van der Waals surface area contributed by atoms with Crippen LogP contribution in [0.25, 0.3) is 5.69 Å². The Bertz CT molecular complexity index is 957. The highest BCUT2D eigenvalue weighted by atomic mass is 32.2. The highest BCUT2D eigenvalue weighted by Crippen LogP contribution is 2.21. The third-order valence-electron chi connectivity index (χ3n) is 3.38. The van der Waals surface area contributed by atoms with Crippen molar-refractivity contribution in [1.29, 1.82) is 0 Å². The number of benzene rings is 1. The van der Waals surface area contributed by atoms with E-state index in [0.29, 0.717) is 0 Å². The predicted molar refractivity (Wildman–Crippen MR) is 82.7 cm³/mol. The minimum Gasteiger partial charge on any atom is -0.290 e. The zero-order valence-electron chi connectivity index (χ0n) is 13.0. The topological polar surface area (TPSA) is 95.6 Å². The fourth-order valence-corrected chi connectivity index (χ4v) is 3.56. The van der Waals surface area contributed by atoms with E-state index in [-0.39, 0.29) is 16.7 Å². The van der Waals surface area contributed by atoms with Gasteiger partial charge in [0.15, 0.2) is 5.82 Å². The Morgan fingerprint density at radius 2 is 2.00 bits per heavy atom. The van der Waals surface area contributed by atoms with E-state index in [4.69, 9.17) is 0 Å². The molecule has 0 N–H and O–H groups in total. The Kier molecular flexibility index (Phi) is 3.72. The SMILES string of the molecule is Cc1ccc(C)c(-n2ccnc2S(=O)(=O)Cc2nnn(C)n2)c1. The van der Waals surface area contributed by atoms with Gasteiger partial charge in [0.1, 0.15) is 5.75 Å². The molecule has 0 bridgehead atoms. The third kappa shape index (κ3) is 3.00. The van der Waals surface area contributed by atoms with Crippen molar-refractivity contribution in [2.24, 2.45) is 7.05 Å². The molecule has 0 aliphatic heterocycles. The zero-order valence-corrected chi connectivity index (χ0v) is 13.8. The molecule has 120 valence electrons. The van der Waals surface area contributed by atoms with Crippen molar-refractivity contribution < 1.29 is 8.42 Å². The van der Waals surface area contributed by atoms with E-state index in [0.717, 1.165) is 16.8 Å². The quantitative estimate of drug-likeness (QED) is 0.707. The maximum Gasteiger partial charge on any atom is 0.232 e. The number of hydrogen-bond donors (Lipinski definition) is 0. The largest absolute Gasteiger partial charge is 0.290 e. The van der Waals surface area contributed by atoms with Crippen molar-refractivity contribution in [3.63, 3.8) is 0 Å². The lowest BCUT2D eigenvalue weighted by atomic mass is 10.1. The lowest BCUT2D eigenvalue weighted by molar-refractivity contribution is 0.581. The fraction of sp³-hybridized carbons (Fsp3) is 0.286. The van der Waals surface area contributed by atoms with Crippen LogP contribution in [0.15, 0.2) is 35.7 Å². The van der Waals surface area contributed by atoms with Crippen LogP contribution in [0.1, 0.15) is 17.0 Å². The van der Waals surface area contributed by atoms with E-state index < -0.39 is 9.84 Å². The van der Waals surface area contributed by atoms with Crippen LogP contribution in [0.4, 0.5) is 0 Å². The summed E-state index contributed by atoms with van der Waals surface area (Å²) in [5, 5.41) is 11.3. The molecular weight excluding hydrogens is 316 g/mol. The average Bonchev–Trinajstić information content (AvgIpc) is 3.10. The molecule has 3 rings (SSSR count). The number of hydrogen-bond acceptors (Lipinski definition) is 6. The number of imidazole rings is 1. The van der Waals surface area contributed by atoms with Crippen LogP contribution in [0.3, 0.4) is 0 Å². The molecule has 0 unspecified atom stereocenters. The second-order valence-electron chi connectivity index (χ2n) is 5.32. The molecule has 1 aromatic carbocycles. The number of tetrazole rings is 1. The van der Waals surface area contributed by atoms with Crippen molar-refractivity contribution in [3.05, 3.63) is 47.5 Å². The first-order valence-electron chi connectivity index (χ1n) is 6.93. The highest BCUT2D eigenvalue weighted by Gasteiger charge is 2.24. The number of aromatic nitrogens is 6. The summed E-state index contributed by atoms with van der Waals surface area (Å²) in [6.07, 6.45) is 3.11. The van der Waals surface area contributed by atoms with Gasteiger partial charge in [0.2, 0.25) is 15.0 Å². The summed E-state index contributed by atoms with van der Waals surface area (Å²) in [5.41, 5.74) is 2.79. The number of sulfone groups is 1. The van der Waals surface area contributed by atoms with E-state index in [2.05, 4.69) is 20.4 Å². The average molecular weight is 332 g/mol. The summed E-state index contributed by atoms with van der Waals surface area (Å²) in [6.45, 7) is 3.88. The molecule has 0 saturated heterocycles. The van der Waals surface area contributed by atoms with Gasteiger partial charge in [-0.2, -0.15) is 4.80 Å². The molecular formula is C14H16N6O2S. The van der Waals surface area contributed by atoms with Gasteiger partial charge in [-0.1, -0.05) is 12.1 Å². The van der Waals surface area contributed by atoms with Crippen LogP contribution in [0.2, 0.25) is 0 Å². The molecule has 3 aromatic rings. The molecule has 2 heterocycles. The normalized spacial score (nSPS) is 11.8. The Morgan fingerprint density at radius 3 is 2.70 bits per heavy atom. The van der Waals surface area contributed by atoms with E-state index in [1.165, 1.54) is 11.0 Å². The van der Waals surface area contributed by atoms with Crippen molar-refractivity contribution in [1.82, 2.24) is 29.8 Å². The van der Waals surface area contributed by atoms with Crippen molar-refractivity contribution in [3.8, 4) is 5.69 Å². The maximum atomic E-state index is 12.7. The van der Waals surface area contributed by atoms with Gasteiger partial charge in [0.25, 0.3) is 0 Å². The highest BCUT2D eigenvalue weighted by molar-refractivity contribution is 7.90. The van der Waals surface area contributed by atoms with Gasteiger partial charge in [0.05, 0.1) is 12.7 Å². The molecule has 0 radical (unpaired) electrons. The van der Waals surface area contributed by atoms with Gasteiger partial charge in [0, 0.05) is 12.4 Å². The summed E-state index contributed by atoms with van der Waals surface area (Å²) < 4.78 is 26.9. The Labute approximate surface area is 133 Å². The van der Waals surface area contributed by atoms with E-state index >= 15 is 0 Å². The minimum atomic E-state index is -3.69. The molecule has 9 heteroatoms. The van der Waals surface area contributed by atoms with E-state index in [9.17, 15) is 8.42 Å². The molecule has 8 nitrogen and oxygen atoms in total. The Balaban J connectivity index is 2.05.